The van der Waals surface area contributed by atoms with E-state index >= 15 is 0 Å². The summed E-state index contributed by atoms with van der Waals surface area (Å²) in [5.41, 5.74) is 1.38. The molecule has 0 radical (unpaired) electrons. The van der Waals surface area contributed by atoms with Crippen molar-refractivity contribution in [3.05, 3.63) is 11.8 Å². The second-order valence-corrected chi connectivity index (χ2v) is 7.08. The Morgan fingerprint density at radius 3 is 2.86 bits per heavy atom. The summed E-state index contributed by atoms with van der Waals surface area (Å²) < 4.78 is 1.81. The van der Waals surface area contributed by atoms with Gasteiger partial charge in [-0.3, -0.25) is 5.32 Å². The number of anilines is 1. The first-order chi connectivity index (χ1) is 9.82. The van der Waals surface area contributed by atoms with Crippen LogP contribution in [0.2, 0.25) is 0 Å². The molecule has 21 heavy (non-hydrogen) atoms. The number of hydrogen-bond donors (Lipinski definition) is 2. The van der Waals surface area contributed by atoms with Crippen molar-refractivity contribution >= 4 is 11.8 Å². The molecule has 2 N–H and O–H groups in total. The van der Waals surface area contributed by atoms with Gasteiger partial charge in [-0.25, -0.2) is 9.48 Å². The zero-order valence-corrected chi connectivity index (χ0v) is 13.9. The van der Waals surface area contributed by atoms with Crippen molar-refractivity contribution in [1.29, 1.82) is 0 Å². The summed E-state index contributed by atoms with van der Waals surface area (Å²) >= 11 is 0. The van der Waals surface area contributed by atoms with Crippen LogP contribution in [0, 0.1) is 18.3 Å². The first-order valence-electron chi connectivity index (χ1n) is 7.92. The van der Waals surface area contributed by atoms with Crippen LogP contribution in [0.4, 0.5) is 10.6 Å². The molecule has 2 rings (SSSR count). The van der Waals surface area contributed by atoms with Gasteiger partial charge in [-0.1, -0.05) is 20.8 Å². The molecule has 0 saturated heterocycles. The molecule has 1 heterocycles. The van der Waals surface area contributed by atoms with Crippen LogP contribution in [0.25, 0.3) is 0 Å². The van der Waals surface area contributed by atoms with E-state index in [-0.39, 0.29) is 12.1 Å². The lowest BCUT2D eigenvalue weighted by Gasteiger charge is -2.39. The standard InChI is InChI=1S/C16H28N4O/c1-6-20-14(12(3)10-17-20)19-15(21)18-13-7-8-16(4,5)9-11(13)2/h10-11,13H,6-9H2,1-5H3,(H2,18,19,21). The van der Waals surface area contributed by atoms with Crippen LogP contribution in [0.15, 0.2) is 6.20 Å². The van der Waals surface area contributed by atoms with Crippen molar-refractivity contribution in [2.24, 2.45) is 11.3 Å². The molecule has 0 bridgehead atoms. The zero-order valence-electron chi connectivity index (χ0n) is 13.9. The van der Waals surface area contributed by atoms with Gasteiger partial charge in [-0.15, -0.1) is 0 Å². The highest BCUT2D eigenvalue weighted by Crippen LogP contribution is 2.38. The molecule has 2 unspecified atom stereocenters. The number of urea groups is 1. The summed E-state index contributed by atoms with van der Waals surface area (Å²) in [5.74, 6) is 1.30. The fourth-order valence-corrected chi connectivity index (χ4v) is 3.35. The smallest absolute Gasteiger partial charge is 0.320 e. The number of aromatic nitrogens is 2. The Morgan fingerprint density at radius 1 is 1.52 bits per heavy atom. The van der Waals surface area contributed by atoms with E-state index in [2.05, 4.69) is 36.5 Å². The maximum absolute atomic E-state index is 12.2. The van der Waals surface area contributed by atoms with E-state index in [4.69, 9.17) is 0 Å². The number of nitrogens with zero attached hydrogens (tertiary/aromatic N) is 2. The van der Waals surface area contributed by atoms with E-state index in [1.807, 2.05) is 18.5 Å². The fraction of sp³-hybridized carbons (Fsp3) is 0.750. The van der Waals surface area contributed by atoms with Crippen LogP contribution in [0.1, 0.15) is 52.5 Å². The second-order valence-electron chi connectivity index (χ2n) is 7.08. The highest BCUT2D eigenvalue weighted by Gasteiger charge is 2.33. The Bertz CT molecular complexity index is 506. The topological polar surface area (TPSA) is 59.0 Å². The van der Waals surface area contributed by atoms with E-state index in [1.54, 1.807) is 6.20 Å². The van der Waals surface area contributed by atoms with Crippen molar-refractivity contribution in [1.82, 2.24) is 15.1 Å². The summed E-state index contributed by atoms with van der Waals surface area (Å²) in [7, 11) is 0. The second kappa shape index (κ2) is 6.08. The average Bonchev–Trinajstić information content (AvgIpc) is 2.73. The summed E-state index contributed by atoms with van der Waals surface area (Å²) in [5, 5.41) is 10.3. The molecule has 1 aromatic rings. The molecule has 0 aliphatic heterocycles. The molecule has 5 heteroatoms. The lowest BCUT2D eigenvalue weighted by atomic mass is 9.70. The van der Waals surface area contributed by atoms with Gasteiger partial charge >= 0.3 is 6.03 Å². The van der Waals surface area contributed by atoms with Gasteiger partial charge in [0.15, 0.2) is 0 Å². The van der Waals surface area contributed by atoms with Crippen LogP contribution < -0.4 is 10.6 Å². The van der Waals surface area contributed by atoms with Gasteiger partial charge < -0.3 is 5.32 Å². The molecule has 5 nitrogen and oxygen atoms in total. The van der Waals surface area contributed by atoms with Crippen molar-refractivity contribution in [2.45, 2.75) is 66.5 Å². The van der Waals surface area contributed by atoms with Crippen LogP contribution in [0.3, 0.4) is 0 Å². The zero-order chi connectivity index (χ0) is 15.6. The van der Waals surface area contributed by atoms with Crippen LogP contribution >= 0.6 is 0 Å². The lowest BCUT2D eigenvalue weighted by molar-refractivity contribution is 0.152. The minimum Gasteiger partial charge on any atom is -0.335 e. The molecule has 1 aliphatic carbocycles. The quantitative estimate of drug-likeness (QED) is 0.895. The van der Waals surface area contributed by atoms with Gasteiger partial charge in [0.05, 0.1) is 6.20 Å². The van der Waals surface area contributed by atoms with E-state index < -0.39 is 0 Å². The first-order valence-corrected chi connectivity index (χ1v) is 7.92. The van der Waals surface area contributed by atoms with Gasteiger partial charge in [-0.05, 0) is 44.4 Å². The number of hydrogen-bond acceptors (Lipinski definition) is 2. The molecule has 1 fully saturated rings. The maximum atomic E-state index is 12.2. The SMILES string of the molecule is CCn1ncc(C)c1NC(=O)NC1CCC(C)(C)CC1C. The summed E-state index contributed by atoms with van der Waals surface area (Å²) in [6.45, 7) is 11.6. The third kappa shape index (κ3) is 3.77. The lowest BCUT2D eigenvalue weighted by Crippen LogP contribution is -2.46. The van der Waals surface area contributed by atoms with E-state index in [0.717, 1.165) is 37.2 Å². The molecule has 118 valence electrons. The number of amides is 2. The average molecular weight is 292 g/mol. The molecular weight excluding hydrogens is 264 g/mol. The maximum Gasteiger partial charge on any atom is 0.320 e. The molecule has 2 amide bonds. The summed E-state index contributed by atoms with van der Waals surface area (Å²) in [4.78, 5) is 12.2. The third-order valence-corrected chi connectivity index (χ3v) is 4.56. The number of nitrogens with one attached hydrogen (secondary N) is 2. The number of carbonyl (C=O) groups excluding carboxylic acids is 1. The minimum atomic E-state index is -0.121. The Balaban J connectivity index is 1.95. The highest BCUT2D eigenvalue weighted by molar-refractivity contribution is 5.89. The van der Waals surface area contributed by atoms with E-state index in [1.165, 1.54) is 0 Å². The molecular formula is C16H28N4O. The summed E-state index contributed by atoms with van der Waals surface area (Å²) in [6.07, 6.45) is 5.15. The number of rotatable bonds is 3. The molecule has 1 aromatic heterocycles. The monoisotopic (exact) mass is 292 g/mol. The van der Waals surface area contributed by atoms with Gasteiger partial charge in [0.2, 0.25) is 0 Å². The predicted octanol–water partition coefficient (Wildman–Crippen LogP) is 3.55. The Hall–Kier alpha value is -1.52. The van der Waals surface area contributed by atoms with Crippen molar-refractivity contribution in [3.8, 4) is 0 Å². The molecule has 0 aromatic carbocycles. The van der Waals surface area contributed by atoms with Crippen LogP contribution in [-0.2, 0) is 6.54 Å². The number of aryl methyl sites for hydroxylation is 2. The normalized spacial score (nSPS) is 24.6. The molecule has 2 atom stereocenters. The van der Waals surface area contributed by atoms with Crippen LogP contribution in [0.5, 0.6) is 0 Å². The predicted molar refractivity (Wildman–Crippen MR) is 85.4 cm³/mol. The van der Waals surface area contributed by atoms with Crippen molar-refractivity contribution in [2.75, 3.05) is 5.32 Å². The van der Waals surface area contributed by atoms with Gasteiger partial charge in [0, 0.05) is 18.2 Å². The Kier molecular flexibility index (Phi) is 4.59. The van der Waals surface area contributed by atoms with Gasteiger partial charge in [0.25, 0.3) is 0 Å². The first kappa shape index (κ1) is 15.9. The minimum absolute atomic E-state index is 0.121. The van der Waals surface area contributed by atoms with E-state index in [0.29, 0.717) is 11.3 Å². The van der Waals surface area contributed by atoms with Crippen LogP contribution in [-0.4, -0.2) is 21.9 Å². The summed E-state index contributed by atoms with van der Waals surface area (Å²) in [6, 6.07) is 0.140. The van der Waals surface area contributed by atoms with Crippen molar-refractivity contribution in [3.63, 3.8) is 0 Å². The molecule has 1 aliphatic rings. The molecule has 0 spiro atoms. The Labute approximate surface area is 127 Å². The van der Waals surface area contributed by atoms with Gasteiger partial charge in [0.1, 0.15) is 5.82 Å². The number of carbonyl (C=O) groups is 1. The van der Waals surface area contributed by atoms with Crippen molar-refractivity contribution < 1.29 is 4.79 Å². The fourth-order valence-electron chi connectivity index (χ4n) is 3.35. The largest absolute Gasteiger partial charge is 0.335 e. The highest BCUT2D eigenvalue weighted by atomic mass is 16.2. The van der Waals surface area contributed by atoms with E-state index in [9.17, 15) is 4.79 Å². The van der Waals surface area contributed by atoms with Gasteiger partial charge in [-0.2, -0.15) is 5.10 Å². The Morgan fingerprint density at radius 2 is 2.24 bits per heavy atom. The molecule has 1 saturated carbocycles. The third-order valence-electron chi connectivity index (χ3n) is 4.56.